The first-order valence-corrected chi connectivity index (χ1v) is 14.4. The van der Waals surface area contributed by atoms with Crippen molar-refractivity contribution in [2.45, 2.75) is 65.9 Å². The first kappa shape index (κ1) is 29.5. The van der Waals surface area contributed by atoms with Crippen molar-refractivity contribution < 1.29 is 39.2 Å². The summed E-state index contributed by atoms with van der Waals surface area (Å²) in [6.45, 7) is 7.62. The summed E-state index contributed by atoms with van der Waals surface area (Å²) in [7, 11) is 0. The van der Waals surface area contributed by atoms with Gasteiger partial charge < -0.3 is 24.8 Å². The molecule has 0 spiro atoms. The van der Waals surface area contributed by atoms with E-state index >= 15 is 0 Å². The van der Waals surface area contributed by atoms with E-state index in [1.807, 2.05) is 6.92 Å². The maximum absolute atomic E-state index is 11.8. The monoisotopic (exact) mass is 583 g/mol. The summed E-state index contributed by atoms with van der Waals surface area (Å²) in [4.78, 5) is 48.0. The predicted molar refractivity (Wildman–Crippen MR) is 143 cm³/mol. The van der Waals surface area contributed by atoms with Crippen LogP contribution in [-0.2, 0) is 19.3 Å². The summed E-state index contributed by atoms with van der Waals surface area (Å²) in [5.41, 5.74) is 0.569. The fraction of sp³-hybridized carbons (Fsp3) is 0.500. The number of carbonyl (C=O) groups is 3. The standard InChI is InChI=1S/C24H29N3O8S3/c1-5-34-20-18(23(30)31)37-16(26-20)9-7-12(3)35-21-19(24(32)33)38-15(27-21)8-6-11(2)10-14-17(22(28)29)36-13(4)25-14/h11-12H,5-10H2,1-4H3,(H,28,29)(H,30,31)(H,32,33). The van der Waals surface area contributed by atoms with Gasteiger partial charge in [-0.05, 0) is 52.4 Å². The Morgan fingerprint density at radius 1 is 0.816 bits per heavy atom. The summed E-state index contributed by atoms with van der Waals surface area (Å²) in [5, 5.41) is 30.3. The lowest BCUT2D eigenvalue weighted by Gasteiger charge is -2.12. The van der Waals surface area contributed by atoms with Crippen LogP contribution >= 0.6 is 34.0 Å². The third-order valence-electron chi connectivity index (χ3n) is 5.42. The first-order chi connectivity index (χ1) is 18.0. The van der Waals surface area contributed by atoms with Gasteiger partial charge in [0, 0.05) is 6.42 Å². The lowest BCUT2D eigenvalue weighted by atomic mass is 9.99. The number of hydrogen-bond acceptors (Lipinski definition) is 11. The molecule has 0 amide bonds. The number of hydrogen-bond donors (Lipinski definition) is 3. The van der Waals surface area contributed by atoms with Crippen LogP contribution in [-0.4, -0.2) is 60.9 Å². The third kappa shape index (κ3) is 7.71. The summed E-state index contributed by atoms with van der Waals surface area (Å²) >= 11 is 3.27. The Hall–Kier alpha value is -3.10. The molecule has 0 saturated carbocycles. The smallest absolute Gasteiger partial charge is 0.351 e. The number of aromatic nitrogens is 3. The van der Waals surface area contributed by atoms with E-state index in [0.717, 1.165) is 34.0 Å². The molecular weight excluding hydrogens is 554 g/mol. The highest BCUT2D eigenvalue weighted by Crippen LogP contribution is 2.30. The van der Waals surface area contributed by atoms with Gasteiger partial charge in [-0.2, -0.15) is 0 Å². The van der Waals surface area contributed by atoms with Crippen molar-refractivity contribution in [3.63, 3.8) is 0 Å². The quantitative estimate of drug-likeness (QED) is 0.218. The maximum atomic E-state index is 11.8. The number of carboxylic acids is 3. The van der Waals surface area contributed by atoms with E-state index < -0.39 is 24.0 Å². The van der Waals surface area contributed by atoms with Crippen LogP contribution in [0.3, 0.4) is 0 Å². The van der Waals surface area contributed by atoms with E-state index in [-0.39, 0.29) is 32.3 Å². The SMILES string of the molecule is CCOc1nc(CCC(C)Oc2nc(CCC(C)Cc3nc(C)sc3C(=O)O)sc2C(=O)O)sc1C(=O)O. The Morgan fingerprint density at radius 2 is 1.37 bits per heavy atom. The van der Waals surface area contributed by atoms with Crippen molar-refractivity contribution in [3.8, 4) is 11.8 Å². The van der Waals surface area contributed by atoms with Crippen molar-refractivity contribution in [1.29, 1.82) is 0 Å². The molecule has 3 rings (SSSR count). The second-order valence-corrected chi connectivity index (χ2v) is 12.0. The lowest BCUT2D eigenvalue weighted by molar-refractivity contribution is 0.0684. The van der Waals surface area contributed by atoms with E-state index in [1.54, 1.807) is 20.8 Å². The molecule has 0 radical (unpaired) electrons. The number of aryl methyl sites for hydroxylation is 3. The van der Waals surface area contributed by atoms with Crippen LogP contribution in [0.4, 0.5) is 0 Å². The van der Waals surface area contributed by atoms with E-state index in [4.69, 9.17) is 9.47 Å². The molecule has 3 aromatic rings. The van der Waals surface area contributed by atoms with Gasteiger partial charge in [-0.1, -0.05) is 6.92 Å². The van der Waals surface area contributed by atoms with E-state index in [2.05, 4.69) is 15.0 Å². The molecule has 206 valence electrons. The Labute approximate surface area is 231 Å². The van der Waals surface area contributed by atoms with Gasteiger partial charge in [0.15, 0.2) is 9.75 Å². The minimum atomic E-state index is -1.12. The molecule has 0 aliphatic carbocycles. The van der Waals surface area contributed by atoms with E-state index in [9.17, 15) is 29.7 Å². The molecule has 0 aromatic carbocycles. The van der Waals surface area contributed by atoms with Crippen LogP contribution < -0.4 is 9.47 Å². The van der Waals surface area contributed by atoms with Crippen molar-refractivity contribution in [3.05, 3.63) is 35.3 Å². The molecule has 0 bridgehead atoms. The van der Waals surface area contributed by atoms with Gasteiger partial charge in [-0.3, -0.25) is 0 Å². The molecule has 3 aromatic heterocycles. The fourth-order valence-electron chi connectivity index (χ4n) is 3.65. The van der Waals surface area contributed by atoms with Gasteiger partial charge in [-0.25, -0.2) is 29.3 Å². The number of thiazole rings is 3. The van der Waals surface area contributed by atoms with Crippen LogP contribution in [0.1, 0.15) is 83.3 Å². The summed E-state index contributed by atoms with van der Waals surface area (Å²) in [5.74, 6) is -2.93. The van der Waals surface area contributed by atoms with Crippen molar-refractivity contribution in [2.24, 2.45) is 5.92 Å². The molecule has 2 unspecified atom stereocenters. The molecule has 2 atom stereocenters. The molecule has 14 heteroatoms. The number of ether oxygens (including phenoxy) is 2. The van der Waals surface area contributed by atoms with Gasteiger partial charge >= 0.3 is 17.9 Å². The topological polar surface area (TPSA) is 169 Å². The van der Waals surface area contributed by atoms with Gasteiger partial charge in [0.05, 0.1) is 33.4 Å². The van der Waals surface area contributed by atoms with Crippen LogP contribution in [0.15, 0.2) is 0 Å². The highest BCUT2D eigenvalue weighted by Gasteiger charge is 2.23. The Bertz CT molecular complexity index is 1300. The number of aromatic carboxylic acids is 3. The van der Waals surface area contributed by atoms with Crippen LogP contribution in [0.2, 0.25) is 0 Å². The molecule has 38 heavy (non-hydrogen) atoms. The molecule has 0 fully saturated rings. The molecule has 11 nitrogen and oxygen atoms in total. The zero-order valence-electron chi connectivity index (χ0n) is 21.3. The Kier molecular flexibility index (Phi) is 10.2. The summed E-state index contributed by atoms with van der Waals surface area (Å²) < 4.78 is 11.2. The van der Waals surface area contributed by atoms with Crippen molar-refractivity contribution in [1.82, 2.24) is 15.0 Å². The third-order valence-corrected chi connectivity index (χ3v) is 8.59. The minimum Gasteiger partial charge on any atom is -0.477 e. The predicted octanol–water partition coefficient (Wildman–Crippen LogP) is 5.07. The zero-order chi connectivity index (χ0) is 28.0. The number of carboxylic acid groups (broad SMARTS) is 3. The molecular formula is C24H29N3O8S3. The van der Waals surface area contributed by atoms with Crippen molar-refractivity contribution in [2.75, 3.05) is 6.61 Å². The molecule has 0 aliphatic heterocycles. The normalized spacial score (nSPS) is 12.7. The first-order valence-electron chi connectivity index (χ1n) is 11.9. The van der Waals surface area contributed by atoms with Gasteiger partial charge in [0.2, 0.25) is 11.8 Å². The largest absolute Gasteiger partial charge is 0.477 e. The van der Waals surface area contributed by atoms with Gasteiger partial charge in [0.1, 0.15) is 4.88 Å². The summed E-state index contributed by atoms with van der Waals surface area (Å²) in [6.07, 6.45) is 2.22. The Balaban J connectivity index is 1.59. The second kappa shape index (κ2) is 13.1. The number of rotatable bonds is 15. The highest BCUT2D eigenvalue weighted by atomic mass is 32.1. The van der Waals surface area contributed by atoms with Crippen LogP contribution in [0.5, 0.6) is 11.8 Å². The molecule has 3 N–H and O–H groups in total. The zero-order valence-corrected chi connectivity index (χ0v) is 23.8. The van der Waals surface area contributed by atoms with Crippen molar-refractivity contribution >= 4 is 51.9 Å². The molecule has 3 heterocycles. The van der Waals surface area contributed by atoms with Gasteiger partial charge in [-0.15, -0.1) is 34.0 Å². The van der Waals surface area contributed by atoms with E-state index in [0.29, 0.717) is 59.4 Å². The minimum absolute atomic E-state index is 0.0174. The lowest BCUT2D eigenvalue weighted by Crippen LogP contribution is -2.14. The number of nitrogens with zero attached hydrogens (tertiary/aromatic N) is 3. The van der Waals surface area contributed by atoms with Crippen LogP contribution in [0, 0.1) is 12.8 Å². The molecule has 0 saturated heterocycles. The Morgan fingerprint density at radius 3 is 1.95 bits per heavy atom. The van der Waals surface area contributed by atoms with Gasteiger partial charge in [0.25, 0.3) is 0 Å². The average molecular weight is 584 g/mol. The van der Waals surface area contributed by atoms with E-state index in [1.165, 1.54) is 0 Å². The molecule has 0 aliphatic rings. The summed E-state index contributed by atoms with van der Waals surface area (Å²) in [6, 6.07) is 0. The highest BCUT2D eigenvalue weighted by molar-refractivity contribution is 7.14. The average Bonchev–Trinajstić information content (AvgIpc) is 3.53. The second-order valence-electron chi connectivity index (χ2n) is 8.66. The fourth-order valence-corrected chi connectivity index (χ4v) is 6.15. The van der Waals surface area contributed by atoms with Crippen LogP contribution in [0.25, 0.3) is 0 Å². The maximum Gasteiger partial charge on any atom is 0.351 e.